The first-order valence-corrected chi connectivity index (χ1v) is 8.57. The summed E-state index contributed by atoms with van der Waals surface area (Å²) in [6, 6.07) is -0.128. The van der Waals surface area contributed by atoms with E-state index in [0.29, 0.717) is 23.7 Å². The van der Waals surface area contributed by atoms with Gasteiger partial charge in [0.15, 0.2) is 11.2 Å². The standard InChI is InChI=1S/C18H24N6O2/c1-7-8-9-22-16(25)14-15(21(6)18(22)26)19-17-23(10-11(2)3)20-12(4)13(5)24(14)17/h7-8,13H,2,9-10H2,1,3-6H3/b8-7+. The fourth-order valence-corrected chi connectivity index (χ4v) is 3.12. The molecule has 26 heavy (non-hydrogen) atoms. The molecule has 0 bridgehead atoms. The van der Waals surface area contributed by atoms with Crippen LogP contribution in [0.2, 0.25) is 0 Å². The third kappa shape index (κ3) is 2.61. The summed E-state index contributed by atoms with van der Waals surface area (Å²) < 4.78 is 4.52. The zero-order valence-corrected chi connectivity index (χ0v) is 15.9. The van der Waals surface area contributed by atoms with Crippen molar-refractivity contribution in [2.45, 2.75) is 40.3 Å². The number of anilines is 1. The third-order valence-corrected chi connectivity index (χ3v) is 4.60. The van der Waals surface area contributed by atoms with Gasteiger partial charge in [-0.3, -0.25) is 18.5 Å². The molecule has 1 aliphatic rings. The Morgan fingerprint density at radius 2 is 2.04 bits per heavy atom. The Balaban J connectivity index is 2.38. The van der Waals surface area contributed by atoms with Crippen LogP contribution in [-0.2, 0) is 13.6 Å². The van der Waals surface area contributed by atoms with Gasteiger partial charge in [0.1, 0.15) is 0 Å². The lowest BCUT2D eigenvalue weighted by Crippen LogP contribution is -2.40. The van der Waals surface area contributed by atoms with E-state index in [-0.39, 0.29) is 23.8 Å². The molecule has 1 atom stereocenters. The van der Waals surface area contributed by atoms with Crippen LogP contribution in [0.25, 0.3) is 11.2 Å². The molecule has 3 heterocycles. The minimum absolute atomic E-state index is 0.128. The van der Waals surface area contributed by atoms with Gasteiger partial charge in [-0.25, -0.2) is 9.80 Å². The molecular weight excluding hydrogens is 332 g/mol. The Hall–Kier alpha value is -2.90. The number of aryl methyl sites for hydroxylation is 1. The molecule has 0 N–H and O–H groups in total. The van der Waals surface area contributed by atoms with Crippen LogP contribution in [-0.4, -0.2) is 30.9 Å². The van der Waals surface area contributed by atoms with Gasteiger partial charge >= 0.3 is 5.69 Å². The largest absolute Gasteiger partial charge is 0.332 e. The summed E-state index contributed by atoms with van der Waals surface area (Å²) in [6.45, 7) is 12.3. The lowest BCUT2D eigenvalue weighted by molar-refractivity contribution is 0.636. The van der Waals surface area contributed by atoms with Crippen molar-refractivity contribution >= 4 is 22.8 Å². The summed E-state index contributed by atoms with van der Waals surface area (Å²) in [7, 11) is 1.64. The van der Waals surface area contributed by atoms with Crippen LogP contribution in [0.1, 0.15) is 33.7 Å². The summed E-state index contributed by atoms with van der Waals surface area (Å²) in [5, 5.41) is 6.33. The molecule has 8 heteroatoms. The van der Waals surface area contributed by atoms with Gasteiger partial charge in [0.2, 0.25) is 5.95 Å². The molecule has 0 aliphatic carbocycles. The van der Waals surface area contributed by atoms with E-state index in [4.69, 9.17) is 0 Å². The molecular formula is C18H24N6O2. The third-order valence-electron chi connectivity index (χ3n) is 4.60. The number of hydrazone groups is 1. The molecule has 138 valence electrons. The summed E-state index contributed by atoms with van der Waals surface area (Å²) in [6.07, 6.45) is 3.60. The molecule has 8 nitrogen and oxygen atoms in total. The number of imidazole rings is 1. The van der Waals surface area contributed by atoms with Crippen molar-refractivity contribution in [1.82, 2.24) is 18.7 Å². The average molecular weight is 356 g/mol. The van der Waals surface area contributed by atoms with Crippen molar-refractivity contribution in [2.24, 2.45) is 12.1 Å². The molecule has 0 amide bonds. The average Bonchev–Trinajstić information content (AvgIpc) is 2.98. The normalized spacial score (nSPS) is 17.0. The maximum absolute atomic E-state index is 13.1. The second-order valence-corrected chi connectivity index (χ2v) is 6.71. The van der Waals surface area contributed by atoms with E-state index in [2.05, 4.69) is 16.7 Å². The lowest BCUT2D eigenvalue weighted by atomic mass is 10.2. The van der Waals surface area contributed by atoms with Gasteiger partial charge in [0.05, 0.1) is 18.3 Å². The van der Waals surface area contributed by atoms with Crippen LogP contribution in [0, 0.1) is 0 Å². The Bertz CT molecular complexity index is 1070. The predicted molar refractivity (Wildman–Crippen MR) is 104 cm³/mol. The summed E-state index contributed by atoms with van der Waals surface area (Å²) >= 11 is 0. The highest BCUT2D eigenvalue weighted by molar-refractivity contribution is 5.91. The Morgan fingerprint density at radius 1 is 1.35 bits per heavy atom. The van der Waals surface area contributed by atoms with Gasteiger partial charge in [-0.2, -0.15) is 10.1 Å². The maximum atomic E-state index is 13.1. The Kier molecular flexibility index (Phi) is 4.43. The highest BCUT2D eigenvalue weighted by atomic mass is 16.2. The molecule has 1 aliphatic heterocycles. The van der Waals surface area contributed by atoms with Crippen LogP contribution in [0.5, 0.6) is 0 Å². The van der Waals surface area contributed by atoms with Crippen LogP contribution >= 0.6 is 0 Å². The first-order valence-electron chi connectivity index (χ1n) is 8.57. The molecule has 0 saturated carbocycles. The molecule has 2 aromatic heterocycles. The number of fused-ring (bicyclic) bond motifs is 3. The van der Waals surface area contributed by atoms with Crippen molar-refractivity contribution in [3.8, 4) is 0 Å². The summed E-state index contributed by atoms with van der Waals surface area (Å²) in [4.78, 5) is 30.3. The van der Waals surface area contributed by atoms with Crippen LogP contribution in [0.4, 0.5) is 5.95 Å². The lowest BCUT2D eigenvalue weighted by Gasteiger charge is -2.29. The molecule has 1 unspecified atom stereocenters. The Morgan fingerprint density at radius 3 is 2.65 bits per heavy atom. The monoisotopic (exact) mass is 356 g/mol. The number of nitrogens with zero attached hydrogens (tertiary/aromatic N) is 6. The molecule has 0 saturated heterocycles. The van der Waals surface area contributed by atoms with E-state index in [1.54, 1.807) is 18.1 Å². The van der Waals surface area contributed by atoms with Crippen LogP contribution in [0.15, 0.2) is 39.0 Å². The molecule has 0 aromatic carbocycles. The van der Waals surface area contributed by atoms with Crippen molar-refractivity contribution in [3.63, 3.8) is 0 Å². The highest BCUT2D eigenvalue weighted by Gasteiger charge is 2.30. The second kappa shape index (κ2) is 6.44. The van der Waals surface area contributed by atoms with E-state index in [1.807, 2.05) is 38.3 Å². The molecule has 2 aromatic rings. The van der Waals surface area contributed by atoms with Crippen molar-refractivity contribution in [2.75, 3.05) is 11.6 Å². The van der Waals surface area contributed by atoms with Gasteiger partial charge < -0.3 is 0 Å². The van der Waals surface area contributed by atoms with Gasteiger partial charge in [-0.1, -0.05) is 24.3 Å². The van der Waals surface area contributed by atoms with Crippen LogP contribution < -0.4 is 16.3 Å². The van der Waals surface area contributed by atoms with Crippen LogP contribution in [0.3, 0.4) is 0 Å². The number of rotatable bonds is 4. The zero-order chi connectivity index (χ0) is 19.2. The fourth-order valence-electron chi connectivity index (χ4n) is 3.12. The predicted octanol–water partition coefficient (Wildman–Crippen LogP) is 1.81. The fraction of sp³-hybridized carbons (Fsp3) is 0.444. The first-order chi connectivity index (χ1) is 12.3. The van der Waals surface area contributed by atoms with E-state index in [1.165, 1.54) is 9.13 Å². The number of allylic oxidation sites excluding steroid dienone is 2. The zero-order valence-electron chi connectivity index (χ0n) is 15.9. The maximum Gasteiger partial charge on any atom is 0.332 e. The molecule has 3 rings (SSSR count). The minimum atomic E-state index is -0.382. The van der Waals surface area contributed by atoms with Gasteiger partial charge in [-0.05, 0) is 27.7 Å². The number of hydrogen-bond acceptors (Lipinski definition) is 5. The highest BCUT2D eigenvalue weighted by Crippen LogP contribution is 2.29. The number of hydrogen-bond donors (Lipinski definition) is 0. The SMILES string of the molecule is C=C(C)CN1N=C(C)C(C)n2c1nc1c2c(=O)n(C/C=C/C)c(=O)n1C. The Labute approximate surface area is 151 Å². The van der Waals surface area contributed by atoms with Gasteiger partial charge in [0, 0.05) is 13.6 Å². The topological polar surface area (TPSA) is 77.4 Å². The van der Waals surface area contributed by atoms with Gasteiger partial charge in [-0.15, -0.1) is 0 Å². The molecule has 0 spiro atoms. The van der Waals surface area contributed by atoms with E-state index < -0.39 is 0 Å². The summed E-state index contributed by atoms with van der Waals surface area (Å²) in [5.41, 5.74) is 1.86. The van der Waals surface area contributed by atoms with E-state index in [0.717, 1.165) is 11.3 Å². The smallest absolute Gasteiger partial charge is 0.294 e. The van der Waals surface area contributed by atoms with Crippen molar-refractivity contribution in [3.05, 3.63) is 45.1 Å². The van der Waals surface area contributed by atoms with Crippen molar-refractivity contribution < 1.29 is 0 Å². The minimum Gasteiger partial charge on any atom is -0.294 e. The molecule has 0 radical (unpaired) electrons. The first kappa shape index (κ1) is 17.9. The quantitative estimate of drug-likeness (QED) is 0.783. The second-order valence-electron chi connectivity index (χ2n) is 6.71. The summed E-state index contributed by atoms with van der Waals surface area (Å²) in [5.74, 6) is 0.553. The van der Waals surface area contributed by atoms with E-state index in [9.17, 15) is 9.59 Å². The van der Waals surface area contributed by atoms with Gasteiger partial charge in [0.25, 0.3) is 5.56 Å². The van der Waals surface area contributed by atoms with E-state index >= 15 is 0 Å². The number of aromatic nitrogens is 4. The molecule has 0 fully saturated rings. The van der Waals surface area contributed by atoms with Crippen molar-refractivity contribution in [1.29, 1.82) is 0 Å².